The summed E-state index contributed by atoms with van der Waals surface area (Å²) in [5.74, 6) is -2.10. The Kier molecular flexibility index (Phi) is 7.83. The van der Waals surface area contributed by atoms with Crippen LogP contribution in [0.2, 0.25) is 15.1 Å². The van der Waals surface area contributed by atoms with Gasteiger partial charge in [-0.3, -0.25) is 9.59 Å². The number of nitrogens with one attached hydrogen (secondary N) is 2. The number of halogens is 3. The van der Waals surface area contributed by atoms with Crippen molar-refractivity contribution in [3.05, 3.63) is 92.9 Å². The van der Waals surface area contributed by atoms with Gasteiger partial charge in [-0.15, -0.1) is 0 Å². The Morgan fingerprint density at radius 2 is 1.50 bits per heavy atom. The van der Waals surface area contributed by atoms with Gasteiger partial charge in [0.25, 0.3) is 0 Å². The van der Waals surface area contributed by atoms with Gasteiger partial charge in [-0.05, 0) is 72.3 Å². The third-order valence-corrected chi connectivity index (χ3v) is 4.92. The first-order chi connectivity index (χ1) is 15.3. The van der Waals surface area contributed by atoms with Gasteiger partial charge >= 0.3 is 17.8 Å². The molecular formula is C22H14Cl3N3O4. The number of anilines is 1. The SMILES string of the molecule is O=C(N/N=C/c1ccc(OC(=O)c2ccc(Cl)cc2)cc1)C(=O)Nc1ccc(Cl)c(Cl)c1. The Balaban J connectivity index is 1.51. The van der Waals surface area contributed by atoms with E-state index in [1.54, 1.807) is 48.5 Å². The molecule has 0 aromatic heterocycles. The molecule has 0 aliphatic heterocycles. The van der Waals surface area contributed by atoms with E-state index in [1.807, 2.05) is 0 Å². The minimum atomic E-state index is -0.971. The Morgan fingerprint density at radius 1 is 0.812 bits per heavy atom. The van der Waals surface area contributed by atoms with E-state index in [-0.39, 0.29) is 5.02 Å². The van der Waals surface area contributed by atoms with Crippen molar-refractivity contribution in [1.82, 2.24) is 5.43 Å². The molecule has 0 spiro atoms. The monoisotopic (exact) mass is 489 g/mol. The van der Waals surface area contributed by atoms with Crippen LogP contribution in [0, 0.1) is 0 Å². The van der Waals surface area contributed by atoms with Crippen molar-refractivity contribution < 1.29 is 19.1 Å². The number of rotatable bonds is 5. The molecule has 0 atom stereocenters. The zero-order valence-electron chi connectivity index (χ0n) is 16.1. The van der Waals surface area contributed by atoms with E-state index < -0.39 is 17.8 Å². The number of benzene rings is 3. The van der Waals surface area contributed by atoms with Crippen LogP contribution in [0.15, 0.2) is 71.8 Å². The lowest BCUT2D eigenvalue weighted by atomic mass is 10.2. The summed E-state index contributed by atoms with van der Waals surface area (Å²) in [6, 6.07) is 17.1. The molecule has 2 amide bonds. The lowest BCUT2D eigenvalue weighted by Gasteiger charge is -2.05. The maximum absolute atomic E-state index is 12.1. The predicted molar refractivity (Wildman–Crippen MR) is 124 cm³/mol. The molecule has 32 heavy (non-hydrogen) atoms. The number of hydrazone groups is 1. The first kappa shape index (κ1) is 23.3. The van der Waals surface area contributed by atoms with Crippen molar-refractivity contribution >= 4 is 64.5 Å². The molecule has 0 saturated carbocycles. The number of amides is 2. The third-order valence-electron chi connectivity index (χ3n) is 3.93. The first-order valence-corrected chi connectivity index (χ1v) is 10.1. The topological polar surface area (TPSA) is 96.9 Å². The van der Waals surface area contributed by atoms with Crippen molar-refractivity contribution in [1.29, 1.82) is 0 Å². The second-order valence-corrected chi connectivity index (χ2v) is 7.50. The number of ether oxygens (including phenoxy) is 1. The third kappa shape index (κ3) is 6.55. The lowest BCUT2D eigenvalue weighted by molar-refractivity contribution is -0.136. The standard InChI is InChI=1S/C22H14Cl3N3O4/c23-15-5-3-14(4-6-15)22(31)32-17-8-1-13(2-9-17)12-26-28-21(30)20(29)27-16-7-10-18(24)19(25)11-16/h1-12H,(H,27,29)(H,28,30)/b26-12+. The molecule has 0 fully saturated rings. The van der Waals surface area contributed by atoms with Crippen LogP contribution in [-0.4, -0.2) is 24.0 Å². The van der Waals surface area contributed by atoms with Gasteiger partial charge in [0.15, 0.2) is 0 Å². The average molecular weight is 491 g/mol. The van der Waals surface area contributed by atoms with Crippen molar-refractivity contribution in [2.75, 3.05) is 5.32 Å². The molecule has 3 rings (SSSR count). The summed E-state index contributed by atoms with van der Waals surface area (Å²) in [5, 5.41) is 7.19. The second kappa shape index (κ2) is 10.8. The molecule has 0 radical (unpaired) electrons. The Bertz CT molecular complexity index is 1180. The van der Waals surface area contributed by atoms with E-state index in [9.17, 15) is 14.4 Å². The summed E-state index contributed by atoms with van der Waals surface area (Å²) in [6.45, 7) is 0. The Hall–Kier alpha value is -3.39. The smallest absolute Gasteiger partial charge is 0.343 e. The quantitative estimate of drug-likeness (QED) is 0.174. The number of hydrogen-bond acceptors (Lipinski definition) is 5. The highest BCUT2D eigenvalue weighted by Gasteiger charge is 2.13. The molecule has 0 unspecified atom stereocenters. The molecule has 0 aliphatic carbocycles. The van der Waals surface area contributed by atoms with E-state index in [0.29, 0.717) is 32.6 Å². The normalized spacial score (nSPS) is 10.6. The van der Waals surface area contributed by atoms with Gasteiger partial charge in [0.2, 0.25) is 0 Å². The molecule has 3 aromatic rings. The lowest BCUT2D eigenvalue weighted by Crippen LogP contribution is -2.32. The Morgan fingerprint density at radius 3 is 2.16 bits per heavy atom. The number of hydrogen-bond donors (Lipinski definition) is 2. The van der Waals surface area contributed by atoms with E-state index in [1.165, 1.54) is 24.4 Å². The molecule has 0 heterocycles. The largest absolute Gasteiger partial charge is 0.423 e. The summed E-state index contributed by atoms with van der Waals surface area (Å²) < 4.78 is 5.27. The predicted octanol–water partition coefficient (Wildman–Crippen LogP) is 4.95. The van der Waals surface area contributed by atoms with Gasteiger partial charge in [0.1, 0.15) is 5.75 Å². The summed E-state index contributed by atoms with van der Waals surface area (Å²) in [6.07, 6.45) is 1.33. The van der Waals surface area contributed by atoms with Crippen LogP contribution in [0.4, 0.5) is 5.69 Å². The first-order valence-electron chi connectivity index (χ1n) is 8.99. The molecule has 10 heteroatoms. The average Bonchev–Trinajstić information content (AvgIpc) is 2.77. The highest BCUT2D eigenvalue weighted by molar-refractivity contribution is 6.43. The van der Waals surface area contributed by atoms with E-state index in [4.69, 9.17) is 39.5 Å². The molecule has 162 valence electrons. The summed E-state index contributed by atoms with van der Waals surface area (Å²) in [7, 11) is 0. The maximum Gasteiger partial charge on any atom is 0.343 e. The molecule has 0 aliphatic rings. The number of esters is 1. The summed E-state index contributed by atoms with van der Waals surface area (Å²) in [4.78, 5) is 35.9. The van der Waals surface area contributed by atoms with Gasteiger partial charge < -0.3 is 10.1 Å². The van der Waals surface area contributed by atoms with E-state index >= 15 is 0 Å². The zero-order chi connectivity index (χ0) is 23.1. The van der Waals surface area contributed by atoms with Crippen molar-refractivity contribution in [3.63, 3.8) is 0 Å². The van der Waals surface area contributed by atoms with Crippen LogP contribution in [-0.2, 0) is 9.59 Å². The number of carbonyl (C=O) groups is 3. The molecule has 7 nitrogen and oxygen atoms in total. The van der Waals surface area contributed by atoms with Crippen LogP contribution < -0.4 is 15.5 Å². The number of nitrogens with zero attached hydrogens (tertiary/aromatic N) is 1. The van der Waals surface area contributed by atoms with Gasteiger partial charge in [-0.25, -0.2) is 10.2 Å². The van der Waals surface area contributed by atoms with Crippen molar-refractivity contribution in [2.45, 2.75) is 0 Å². The van der Waals surface area contributed by atoms with E-state index in [0.717, 1.165) is 0 Å². The highest BCUT2D eigenvalue weighted by Crippen LogP contribution is 2.24. The summed E-state index contributed by atoms with van der Waals surface area (Å²) in [5.41, 5.74) is 3.39. The van der Waals surface area contributed by atoms with Crippen LogP contribution in [0.1, 0.15) is 15.9 Å². The Labute approximate surface area is 197 Å². The maximum atomic E-state index is 12.1. The second-order valence-electron chi connectivity index (χ2n) is 6.25. The fourth-order valence-corrected chi connectivity index (χ4v) is 2.78. The molecule has 0 bridgehead atoms. The number of carbonyl (C=O) groups excluding carboxylic acids is 3. The zero-order valence-corrected chi connectivity index (χ0v) is 18.4. The van der Waals surface area contributed by atoms with Gasteiger partial charge in [0, 0.05) is 10.7 Å². The fourth-order valence-electron chi connectivity index (χ4n) is 2.35. The molecular weight excluding hydrogens is 477 g/mol. The van der Waals surface area contributed by atoms with Crippen molar-refractivity contribution in [2.24, 2.45) is 5.10 Å². The molecule has 3 aromatic carbocycles. The van der Waals surface area contributed by atoms with Crippen LogP contribution in [0.25, 0.3) is 0 Å². The van der Waals surface area contributed by atoms with E-state index in [2.05, 4.69) is 15.8 Å². The van der Waals surface area contributed by atoms with Crippen LogP contribution in [0.5, 0.6) is 5.75 Å². The molecule has 0 saturated heterocycles. The van der Waals surface area contributed by atoms with Crippen molar-refractivity contribution in [3.8, 4) is 5.75 Å². The summed E-state index contributed by atoms with van der Waals surface area (Å²) >= 11 is 17.5. The minimum absolute atomic E-state index is 0.241. The minimum Gasteiger partial charge on any atom is -0.423 e. The van der Waals surface area contributed by atoms with Crippen LogP contribution in [0.3, 0.4) is 0 Å². The molecule has 2 N–H and O–H groups in total. The van der Waals surface area contributed by atoms with Gasteiger partial charge in [-0.2, -0.15) is 5.10 Å². The van der Waals surface area contributed by atoms with Gasteiger partial charge in [-0.1, -0.05) is 34.8 Å². The van der Waals surface area contributed by atoms with Gasteiger partial charge in [0.05, 0.1) is 21.8 Å². The van der Waals surface area contributed by atoms with Crippen LogP contribution >= 0.6 is 34.8 Å². The highest BCUT2D eigenvalue weighted by atomic mass is 35.5. The fraction of sp³-hybridized carbons (Fsp3) is 0.